The maximum atomic E-state index is 12.6. The van der Waals surface area contributed by atoms with Crippen LogP contribution in [0, 0.1) is 11.3 Å². The van der Waals surface area contributed by atoms with Crippen LogP contribution in [0.15, 0.2) is 54.3 Å². The summed E-state index contributed by atoms with van der Waals surface area (Å²) < 4.78 is 5.42. The van der Waals surface area contributed by atoms with Crippen LogP contribution in [0.25, 0.3) is 16.6 Å². The molecule has 2 heterocycles. The number of nitrogens with two attached hydrogens (primary N) is 2. The average Bonchev–Trinajstić information content (AvgIpc) is 2.78. The van der Waals surface area contributed by atoms with Crippen molar-refractivity contribution >= 4 is 34.4 Å². The molecule has 0 saturated heterocycles. The molecule has 36 heavy (non-hydrogen) atoms. The normalized spacial score (nSPS) is 13.1. The first kappa shape index (κ1) is 28.2. The molecule has 2 rings (SSSR count). The van der Waals surface area contributed by atoms with Gasteiger partial charge in [-0.3, -0.25) is 15.3 Å². The van der Waals surface area contributed by atoms with Crippen LogP contribution in [0.3, 0.4) is 0 Å². The molecular formula is C26H38N8O2. The highest BCUT2D eigenvalue weighted by atomic mass is 16.6. The third kappa shape index (κ3) is 7.72. The van der Waals surface area contributed by atoms with Crippen molar-refractivity contribution in [1.82, 2.24) is 19.8 Å². The first-order chi connectivity index (χ1) is 16.7. The van der Waals surface area contributed by atoms with Gasteiger partial charge in [0.25, 0.3) is 0 Å². The minimum atomic E-state index is -0.680. The molecule has 2 aromatic heterocycles. The molecule has 0 aromatic carbocycles. The summed E-state index contributed by atoms with van der Waals surface area (Å²) in [6.45, 7) is 9.39. The number of hydrogen-bond donors (Lipinski definition) is 4. The Bertz CT molecular complexity index is 1210. The predicted octanol–water partition coefficient (Wildman–Crippen LogP) is 4.09. The summed E-state index contributed by atoms with van der Waals surface area (Å²) in [5, 5.41) is 11.8. The first-order valence-corrected chi connectivity index (χ1v) is 11.6. The van der Waals surface area contributed by atoms with Crippen molar-refractivity contribution in [2.24, 2.45) is 17.4 Å². The van der Waals surface area contributed by atoms with Crippen LogP contribution >= 0.6 is 0 Å². The van der Waals surface area contributed by atoms with Crippen molar-refractivity contribution in [3.05, 3.63) is 59.8 Å². The van der Waals surface area contributed by atoms with Gasteiger partial charge in [0.05, 0.1) is 11.0 Å². The van der Waals surface area contributed by atoms with Gasteiger partial charge in [-0.25, -0.2) is 9.78 Å². The molecule has 10 nitrogen and oxygen atoms in total. The number of hydrogen-bond acceptors (Lipinski definition) is 9. The lowest BCUT2D eigenvalue weighted by Gasteiger charge is -2.26. The maximum Gasteiger partial charge on any atom is 0.415 e. The van der Waals surface area contributed by atoms with Crippen LogP contribution in [0.2, 0.25) is 0 Å². The standard InChI is InChI=1S/C26H38N8O2/c1-16(2)17(13-27)12-22(28)32-23-10-9-20-21(31-23)11-18(14-30-20)19(15-33(6)7)24(29)34(8)25(35)36-26(3,4)5/h9-16,29H,27-28H2,1-8H3,(H,31,32)/b17-13+,19-15-,22-12+,29-24?. The zero-order chi connectivity index (χ0) is 27.2. The van der Waals surface area contributed by atoms with E-state index < -0.39 is 11.7 Å². The van der Waals surface area contributed by atoms with E-state index in [1.54, 1.807) is 50.2 Å². The van der Waals surface area contributed by atoms with Crippen molar-refractivity contribution in [3.63, 3.8) is 0 Å². The number of amides is 1. The first-order valence-electron chi connectivity index (χ1n) is 11.6. The number of likely N-dealkylation sites (N-methyl/N-ethyl adjacent to an activating group) is 1. The lowest BCUT2D eigenvalue weighted by molar-refractivity contribution is 0.0403. The number of pyridine rings is 2. The van der Waals surface area contributed by atoms with Crippen molar-refractivity contribution in [2.75, 3.05) is 26.5 Å². The zero-order valence-corrected chi connectivity index (χ0v) is 22.4. The van der Waals surface area contributed by atoms with Gasteiger partial charge in [-0.15, -0.1) is 0 Å². The van der Waals surface area contributed by atoms with Gasteiger partial charge in [0.1, 0.15) is 23.1 Å². The molecule has 0 spiro atoms. The van der Waals surface area contributed by atoms with Gasteiger partial charge in [-0.05, 0) is 62.7 Å². The molecule has 0 aliphatic rings. The molecular weight excluding hydrogens is 456 g/mol. The highest BCUT2D eigenvalue weighted by Gasteiger charge is 2.25. The minimum absolute atomic E-state index is 0.0321. The van der Waals surface area contributed by atoms with Gasteiger partial charge in [0.2, 0.25) is 0 Å². The second-order valence-corrected chi connectivity index (χ2v) is 9.90. The number of rotatable bonds is 7. The smallest absolute Gasteiger partial charge is 0.415 e. The molecule has 0 saturated carbocycles. The Morgan fingerprint density at radius 3 is 2.42 bits per heavy atom. The fourth-order valence-electron chi connectivity index (χ4n) is 3.13. The number of allylic oxidation sites excluding steroid dienone is 2. The summed E-state index contributed by atoms with van der Waals surface area (Å²) in [5.41, 5.74) is 14.4. The van der Waals surface area contributed by atoms with Crippen LogP contribution in [-0.4, -0.2) is 58.4 Å². The molecule has 194 valence electrons. The van der Waals surface area contributed by atoms with Gasteiger partial charge in [0.15, 0.2) is 0 Å². The zero-order valence-electron chi connectivity index (χ0n) is 22.4. The number of carbonyl (C=O) groups excluding carboxylic acids is 1. The number of fused-ring (bicyclic) bond motifs is 1. The van der Waals surface area contributed by atoms with Crippen LogP contribution in [-0.2, 0) is 4.74 Å². The molecule has 0 bridgehead atoms. The molecule has 0 unspecified atom stereocenters. The van der Waals surface area contributed by atoms with E-state index in [4.69, 9.17) is 21.6 Å². The van der Waals surface area contributed by atoms with E-state index in [1.165, 1.54) is 18.1 Å². The van der Waals surface area contributed by atoms with E-state index in [-0.39, 0.29) is 11.8 Å². The predicted molar refractivity (Wildman–Crippen MR) is 146 cm³/mol. The highest BCUT2D eigenvalue weighted by Crippen LogP contribution is 2.23. The third-order valence-electron chi connectivity index (χ3n) is 4.95. The lowest BCUT2D eigenvalue weighted by Crippen LogP contribution is -2.38. The average molecular weight is 495 g/mol. The van der Waals surface area contributed by atoms with Gasteiger partial charge in [0, 0.05) is 44.7 Å². The van der Waals surface area contributed by atoms with E-state index in [2.05, 4.69) is 15.3 Å². The van der Waals surface area contributed by atoms with E-state index in [0.29, 0.717) is 33.8 Å². The fraction of sp³-hybridized carbons (Fsp3) is 0.385. The van der Waals surface area contributed by atoms with Gasteiger partial charge < -0.3 is 26.4 Å². The van der Waals surface area contributed by atoms with E-state index in [0.717, 1.165) is 5.57 Å². The summed E-state index contributed by atoms with van der Waals surface area (Å²) in [6.07, 6.45) is 6.09. The number of nitrogens with one attached hydrogen (secondary N) is 2. The summed E-state index contributed by atoms with van der Waals surface area (Å²) >= 11 is 0. The second kappa shape index (κ2) is 11.6. The maximum absolute atomic E-state index is 12.6. The Balaban J connectivity index is 2.43. The SMILES string of the molecule is CC(C)C(=C/N)/C=C(\N)Nc1ccc2ncc(/C(=C/N(C)C)C(=N)N(C)C(=O)OC(C)(C)C)cc2n1. The van der Waals surface area contributed by atoms with Crippen LogP contribution in [0.1, 0.15) is 40.2 Å². The Labute approximate surface area is 213 Å². The van der Waals surface area contributed by atoms with E-state index in [9.17, 15) is 4.79 Å². The summed E-state index contributed by atoms with van der Waals surface area (Å²) in [5.74, 6) is 1.14. The second-order valence-electron chi connectivity index (χ2n) is 9.90. The summed E-state index contributed by atoms with van der Waals surface area (Å²) in [4.78, 5) is 24.7. The monoisotopic (exact) mass is 494 g/mol. The summed E-state index contributed by atoms with van der Waals surface area (Å²) in [6, 6.07) is 5.43. The van der Waals surface area contributed by atoms with Gasteiger partial charge in [-0.1, -0.05) is 13.8 Å². The molecule has 10 heteroatoms. The van der Waals surface area contributed by atoms with Gasteiger partial charge >= 0.3 is 6.09 Å². The minimum Gasteiger partial charge on any atom is -0.443 e. The van der Waals surface area contributed by atoms with Crippen molar-refractivity contribution in [1.29, 1.82) is 5.41 Å². The summed E-state index contributed by atoms with van der Waals surface area (Å²) in [7, 11) is 5.18. The molecule has 2 aromatic rings. The number of anilines is 1. The fourth-order valence-corrected chi connectivity index (χ4v) is 3.13. The Hall–Kier alpha value is -4.08. The molecule has 0 atom stereocenters. The Kier molecular flexibility index (Phi) is 9.05. The van der Waals surface area contributed by atoms with Crippen molar-refractivity contribution in [2.45, 2.75) is 40.2 Å². The van der Waals surface area contributed by atoms with Crippen LogP contribution in [0.5, 0.6) is 0 Å². The molecule has 0 aliphatic carbocycles. The molecule has 0 aliphatic heterocycles. The molecule has 0 radical (unpaired) electrons. The number of ether oxygens (including phenoxy) is 1. The van der Waals surface area contributed by atoms with Crippen molar-refractivity contribution < 1.29 is 9.53 Å². The molecule has 1 amide bonds. The third-order valence-corrected chi connectivity index (χ3v) is 4.95. The van der Waals surface area contributed by atoms with Gasteiger partial charge in [-0.2, -0.15) is 0 Å². The van der Waals surface area contributed by atoms with Crippen LogP contribution in [0.4, 0.5) is 10.6 Å². The Morgan fingerprint density at radius 2 is 1.86 bits per heavy atom. The highest BCUT2D eigenvalue weighted by molar-refractivity contribution is 6.24. The molecule has 0 fully saturated rings. The molecule has 6 N–H and O–H groups in total. The topological polar surface area (TPSA) is 146 Å². The number of nitrogens with zero attached hydrogens (tertiary/aromatic N) is 4. The van der Waals surface area contributed by atoms with E-state index in [1.807, 2.05) is 40.1 Å². The van der Waals surface area contributed by atoms with E-state index >= 15 is 0 Å². The number of aromatic nitrogens is 2. The van der Waals surface area contributed by atoms with Crippen molar-refractivity contribution in [3.8, 4) is 0 Å². The quantitative estimate of drug-likeness (QED) is 0.256. The largest absolute Gasteiger partial charge is 0.443 e. The number of carbonyl (C=O) groups is 1. The lowest BCUT2D eigenvalue weighted by atomic mass is 10.0. The Morgan fingerprint density at radius 1 is 1.19 bits per heavy atom. The van der Waals surface area contributed by atoms with Crippen LogP contribution < -0.4 is 16.8 Å². The number of amidine groups is 1.